The van der Waals surface area contributed by atoms with Gasteiger partial charge in [0.05, 0.1) is 18.5 Å². The zero-order valence-corrected chi connectivity index (χ0v) is 13.2. The molecule has 0 spiro atoms. The largest absolute Gasteiger partial charge is 0.480 e. The van der Waals surface area contributed by atoms with Crippen molar-refractivity contribution in [3.8, 4) is 0 Å². The van der Waals surface area contributed by atoms with Crippen LogP contribution in [0.5, 0.6) is 0 Å². The van der Waals surface area contributed by atoms with Gasteiger partial charge in [0.2, 0.25) is 10.0 Å². The average molecular weight is 315 g/mol. The molecule has 0 radical (unpaired) electrons. The maximum atomic E-state index is 12.1. The highest BCUT2D eigenvalue weighted by atomic mass is 32.2. The van der Waals surface area contributed by atoms with Gasteiger partial charge < -0.3 is 9.84 Å². The quantitative estimate of drug-likeness (QED) is 0.755. The lowest BCUT2D eigenvalue weighted by atomic mass is 9.94. The van der Waals surface area contributed by atoms with E-state index in [4.69, 9.17) is 4.74 Å². The van der Waals surface area contributed by atoms with E-state index in [1.807, 2.05) is 0 Å². The number of sulfonamides is 1. The summed E-state index contributed by atoms with van der Waals surface area (Å²) in [6.45, 7) is 4.93. The molecule has 0 aromatic heterocycles. The van der Waals surface area contributed by atoms with Gasteiger partial charge in [-0.25, -0.2) is 13.2 Å². The van der Waals surface area contributed by atoms with Gasteiger partial charge in [0.1, 0.15) is 0 Å². The Balaban J connectivity index is 2.91. The van der Waals surface area contributed by atoms with E-state index in [0.717, 1.165) is 0 Å². The van der Waals surface area contributed by atoms with Crippen LogP contribution < -0.4 is 4.72 Å². The van der Waals surface area contributed by atoms with Crippen LogP contribution in [0, 0.1) is 0 Å². The van der Waals surface area contributed by atoms with Gasteiger partial charge in [-0.2, -0.15) is 4.72 Å². The number of aliphatic carboxylic acids is 1. The average Bonchev–Trinajstić information content (AvgIpc) is 2.38. The molecule has 0 aliphatic carbocycles. The Morgan fingerprint density at radius 2 is 1.90 bits per heavy atom. The minimum atomic E-state index is -3.78. The molecule has 2 N–H and O–H groups in total. The van der Waals surface area contributed by atoms with E-state index < -0.39 is 21.5 Å². The standard InChI is InChI=1S/C14H21NO5S/c1-11(2)20-9-10-21(18,19)15-14(3,13(16)17)12-7-5-4-6-8-12/h4-8,11,15H,9-10H2,1-3H3,(H,16,17). The van der Waals surface area contributed by atoms with Crippen molar-refractivity contribution in [2.45, 2.75) is 32.4 Å². The Morgan fingerprint density at radius 1 is 1.33 bits per heavy atom. The number of nitrogens with one attached hydrogen (secondary N) is 1. The summed E-state index contributed by atoms with van der Waals surface area (Å²) < 4.78 is 31.5. The number of ether oxygens (including phenoxy) is 1. The van der Waals surface area contributed by atoms with Crippen molar-refractivity contribution in [3.63, 3.8) is 0 Å². The predicted octanol–water partition coefficient (Wildman–Crippen LogP) is 1.33. The van der Waals surface area contributed by atoms with Crippen LogP contribution in [-0.4, -0.2) is 38.0 Å². The number of carboxylic acids is 1. The number of carbonyl (C=O) groups is 1. The molecular weight excluding hydrogens is 294 g/mol. The van der Waals surface area contributed by atoms with E-state index in [-0.39, 0.29) is 18.5 Å². The Morgan fingerprint density at radius 3 is 2.38 bits per heavy atom. The Hall–Kier alpha value is -1.44. The Labute approximate surface area is 125 Å². The number of rotatable bonds is 8. The van der Waals surface area contributed by atoms with E-state index in [0.29, 0.717) is 5.56 Å². The van der Waals surface area contributed by atoms with Gasteiger partial charge in [0.15, 0.2) is 5.54 Å². The molecule has 1 aromatic rings. The minimum absolute atomic E-state index is 0.0114. The van der Waals surface area contributed by atoms with Crippen LogP contribution in [0.2, 0.25) is 0 Å². The van der Waals surface area contributed by atoms with Crippen molar-refractivity contribution < 1.29 is 23.1 Å². The SMILES string of the molecule is CC(C)OCCS(=O)(=O)NC(C)(C(=O)O)c1ccccc1. The lowest BCUT2D eigenvalue weighted by Gasteiger charge is -2.26. The maximum Gasteiger partial charge on any atom is 0.329 e. The van der Waals surface area contributed by atoms with Gasteiger partial charge >= 0.3 is 5.97 Å². The van der Waals surface area contributed by atoms with Crippen molar-refractivity contribution in [1.29, 1.82) is 0 Å². The molecule has 0 amide bonds. The molecule has 1 unspecified atom stereocenters. The number of carboxylic acid groups (broad SMARTS) is 1. The van der Waals surface area contributed by atoms with Gasteiger partial charge in [-0.15, -0.1) is 0 Å². The van der Waals surface area contributed by atoms with Crippen molar-refractivity contribution in [2.75, 3.05) is 12.4 Å². The molecule has 118 valence electrons. The van der Waals surface area contributed by atoms with Gasteiger partial charge in [-0.3, -0.25) is 0 Å². The van der Waals surface area contributed by atoms with Crippen molar-refractivity contribution in [2.24, 2.45) is 0 Å². The van der Waals surface area contributed by atoms with Crippen LogP contribution in [0.3, 0.4) is 0 Å². The summed E-state index contributed by atoms with van der Waals surface area (Å²) in [5.41, 5.74) is -1.34. The van der Waals surface area contributed by atoms with E-state index in [1.54, 1.807) is 44.2 Å². The summed E-state index contributed by atoms with van der Waals surface area (Å²) in [5.74, 6) is -1.55. The lowest BCUT2D eigenvalue weighted by molar-refractivity contribution is -0.143. The number of hydrogen-bond acceptors (Lipinski definition) is 4. The highest BCUT2D eigenvalue weighted by Gasteiger charge is 2.38. The Bertz CT molecular complexity index is 570. The molecule has 0 aliphatic heterocycles. The summed E-state index contributed by atoms with van der Waals surface area (Å²) in [5, 5.41) is 9.40. The second kappa shape index (κ2) is 7.02. The summed E-state index contributed by atoms with van der Waals surface area (Å²) in [6, 6.07) is 8.19. The molecule has 7 heteroatoms. The lowest BCUT2D eigenvalue weighted by Crippen LogP contribution is -2.50. The van der Waals surface area contributed by atoms with Gasteiger partial charge in [-0.1, -0.05) is 30.3 Å². The van der Waals surface area contributed by atoms with Crippen molar-refractivity contribution in [1.82, 2.24) is 4.72 Å². The Kier molecular flexibility index (Phi) is 5.88. The van der Waals surface area contributed by atoms with Crippen LogP contribution >= 0.6 is 0 Å². The molecule has 0 saturated carbocycles. The van der Waals surface area contributed by atoms with Gasteiger partial charge in [0, 0.05) is 0 Å². The zero-order valence-electron chi connectivity index (χ0n) is 12.4. The van der Waals surface area contributed by atoms with Gasteiger partial charge in [0.25, 0.3) is 0 Å². The molecule has 1 rings (SSSR count). The summed E-state index contributed by atoms with van der Waals surface area (Å²) >= 11 is 0. The topological polar surface area (TPSA) is 92.7 Å². The second-order valence-corrected chi connectivity index (χ2v) is 6.98. The molecule has 0 saturated heterocycles. The van der Waals surface area contributed by atoms with Crippen molar-refractivity contribution >= 4 is 16.0 Å². The number of hydrogen-bond donors (Lipinski definition) is 2. The van der Waals surface area contributed by atoms with Crippen molar-refractivity contribution in [3.05, 3.63) is 35.9 Å². The number of benzene rings is 1. The minimum Gasteiger partial charge on any atom is -0.480 e. The third kappa shape index (κ3) is 5.11. The van der Waals surface area contributed by atoms with Crippen LogP contribution in [-0.2, 0) is 25.1 Å². The first-order valence-electron chi connectivity index (χ1n) is 6.59. The van der Waals surface area contributed by atoms with E-state index in [9.17, 15) is 18.3 Å². The molecule has 0 heterocycles. The summed E-state index contributed by atoms with van der Waals surface area (Å²) in [6.07, 6.45) is -0.0832. The van der Waals surface area contributed by atoms with Crippen LogP contribution in [0.15, 0.2) is 30.3 Å². The first kappa shape index (κ1) is 17.6. The fourth-order valence-corrected chi connectivity index (χ4v) is 3.00. The summed E-state index contributed by atoms with van der Waals surface area (Å²) in [4.78, 5) is 11.5. The molecule has 0 aliphatic rings. The highest BCUT2D eigenvalue weighted by molar-refractivity contribution is 7.89. The third-order valence-corrected chi connectivity index (χ3v) is 4.37. The van der Waals surface area contributed by atoms with Gasteiger partial charge in [-0.05, 0) is 26.3 Å². The molecular formula is C14H21NO5S. The molecule has 0 fully saturated rings. The fourth-order valence-electron chi connectivity index (χ4n) is 1.75. The highest BCUT2D eigenvalue weighted by Crippen LogP contribution is 2.22. The monoisotopic (exact) mass is 315 g/mol. The smallest absolute Gasteiger partial charge is 0.329 e. The van der Waals surface area contributed by atoms with E-state index in [1.165, 1.54) is 6.92 Å². The first-order chi connectivity index (χ1) is 9.67. The second-order valence-electron chi connectivity index (χ2n) is 5.14. The first-order valence-corrected chi connectivity index (χ1v) is 8.25. The summed E-state index contributed by atoms with van der Waals surface area (Å²) in [7, 11) is -3.78. The fraction of sp³-hybridized carbons (Fsp3) is 0.500. The molecule has 1 aromatic carbocycles. The van der Waals surface area contributed by atoms with Crippen LogP contribution in [0.25, 0.3) is 0 Å². The van der Waals surface area contributed by atoms with E-state index >= 15 is 0 Å². The third-order valence-electron chi connectivity index (χ3n) is 2.94. The molecule has 6 nitrogen and oxygen atoms in total. The van der Waals surface area contributed by atoms with Crippen LogP contribution in [0.1, 0.15) is 26.3 Å². The predicted molar refractivity (Wildman–Crippen MR) is 79.4 cm³/mol. The maximum absolute atomic E-state index is 12.1. The normalized spacial score (nSPS) is 14.9. The zero-order chi connectivity index (χ0) is 16.1. The van der Waals surface area contributed by atoms with E-state index in [2.05, 4.69) is 4.72 Å². The van der Waals surface area contributed by atoms with Crippen LogP contribution in [0.4, 0.5) is 0 Å². The molecule has 1 atom stereocenters. The molecule has 21 heavy (non-hydrogen) atoms. The molecule has 0 bridgehead atoms.